The lowest BCUT2D eigenvalue weighted by Gasteiger charge is -2.11. The summed E-state index contributed by atoms with van der Waals surface area (Å²) < 4.78 is 26.7. The number of rotatable bonds is 5. The molecule has 0 unspecified atom stereocenters. The first-order valence-corrected chi connectivity index (χ1v) is 10.5. The maximum absolute atomic E-state index is 12.6. The number of aryl methyl sites for hydroxylation is 1. The van der Waals surface area contributed by atoms with E-state index in [1.54, 1.807) is 13.0 Å². The molecule has 0 atom stereocenters. The molecule has 3 aromatic rings. The van der Waals surface area contributed by atoms with Crippen LogP contribution in [0, 0.1) is 13.8 Å². The van der Waals surface area contributed by atoms with Gasteiger partial charge in [0.2, 0.25) is 0 Å². The van der Waals surface area contributed by atoms with Crippen LogP contribution in [0.3, 0.4) is 0 Å². The molecule has 0 bridgehead atoms. The molecule has 2 aromatic carbocycles. The van der Waals surface area contributed by atoms with Crippen molar-refractivity contribution in [2.45, 2.75) is 18.7 Å². The Morgan fingerprint density at radius 3 is 2.18 bits per heavy atom. The second-order valence-corrected chi connectivity index (χ2v) is 8.68. The number of carbonyl (C=O) groups is 1. The van der Waals surface area contributed by atoms with Crippen molar-refractivity contribution >= 4 is 39.1 Å². The highest BCUT2D eigenvalue weighted by atomic mass is 35.5. The van der Waals surface area contributed by atoms with E-state index in [1.807, 2.05) is 41.8 Å². The predicted molar refractivity (Wildman–Crippen MR) is 109 cm³/mol. The molecule has 3 rings (SSSR count). The van der Waals surface area contributed by atoms with Crippen molar-refractivity contribution in [1.29, 1.82) is 0 Å². The molecular weight excluding hydrogens is 421 g/mol. The normalized spacial score (nSPS) is 11.4. The van der Waals surface area contributed by atoms with E-state index >= 15 is 0 Å². The van der Waals surface area contributed by atoms with E-state index in [0.717, 1.165) is 11.4 Å². The summed E-state index contributed by atoms with van der Waals surface area (Å²) in [4.78, 5) is 14.5. The summed E-state index contributed by atoms with van der Waals surface area (Å²) in [5.74, 6) is -0.577. The third-order valence-corrected chi connectivity index (χ3v) is 5.80. The van der Waals surface area contributed by atoms with Crippen molar-refractivity contribution in [3.63, 3.8) is 0 Å². The van der Waals surface area contributed by atoms with Gasteiger partial charge in [-0.25, -0.2) is 8.42 Å². The zero-order chi connectivity index (χ0) is 20.5. The number of nitrogens with one attached hydrogen (secondary N) is 2. The highest BCUT2D eigenvalue weighted by molar-refractivity contribution is 7.89. The van der Waals surface area contributed by atoms with Crippen LogP contribution in [0.1, 0.15) is 21.7 Å². The Balaban J connectivity index is 1.82. The zero-order valence-corrected chi connectivity index (χ0v) is 17.4. The van der Waals surface area contributed by atoms with E-state index in [9.17, 15) is 13.2 Å². The number of amides is 1. The van der Waals surface area contributed by atoms with Crippen molar-refractivity contribution in [2.75, 3.05) is 0 Å². The van der Waals surface area contributed by atoms with Gasteiger partial charge in [-0.15, -0.1) is 4.83 Å². The lowest BCUT2D eigenvalue weighted by molar-refractivity contribution is 0.0944. The minimum atomic E-state index is -4.03. The largest absolute Gasteiger partial charge is 0.318 e. The van der Waals surface area contributed by atoms with Crippen LogP contribution >= 0.6 is 23.2 Å². The molecule has 0 saturated carbocycles. The number of halogens is 2. The fourth-order valence-corrected chi connectivity index (χ4v) is 4.46. The molecule has 0 fully saturated rings. The Hall–Kier alpha value is -2.32. The quantitative estimate of drug-likeness (QED) is 0.591. The molecule has 0 radical (unpaired) electrons. The van der Waals surface area contributed by atoms with Crippen molar-refractivity contribution in [3.8, 4) is 5.69 Å². The summed E-state index contributed by atoms with van der Waals surface area (Å²) in [5, 5.41) is 0.344. The third kappa shape index (κ3) is 4.23. The lowest BCUT2D eigenvalue weighted by Crippen LogP contribution is -2.41. The van der Waals surface area contributed by atoms with Gasteiger partial charge in [0.05, 0.1) is 10.5 Å². The minimum absolute atomic E-state index is 0.153. The summed E-state index contributed by atoms with van der Waals surface area (Å²) in [7, 11) is -4.03. The van der Waals surface area contributed by atoms with Crippen LogP contribution in [0.2, 0.25) is 10.0 Å². The Morgan fingerprint density at radius 2 is 1.57 bits per heavy atom. The molecule has 6 nitrogen and oxygen atoms in total. The van der Waals surface area contributed by atoms with Gasteiger partial charge in [-0.2, -0.15) is 0 Å². The lowest BCUT2D eigenvalue weighted by atomic mass is 10.2. The van der Waals surface area contributed by atoms with E-state index in [0.29, 0.717) is 11.3 Å². The summed E-state index contributed by atoms with van der Waals surface area (Å²) in [5.41, 5.74) is 5.03. The Kier molecular flexibility index (Phi) is 5.81. The van der Waals surface area contributed by atoms with E-state index < -0.39 is 15.9 Å². The second-order valence-electron chi connectivity index (χ2n) is 6.12. The Bertz CT molecular complexity index is 1120. The number of hydrogen-bond donors (Lipinski definition) is 2. The number of hydrazine groups is 1. The topological polar surface area (TPSA) is 80.2 Å². The van der Waals surface area contributed by atoms with E-state index in [-0.39, 0.29) is 14.9 Å². The van der Waals surface area contributed by atoms with Gasteiger partial charge in [0, 0.05) is 27.1 Å². The molecule has 2 N–H and O–H groups in total. The van der Waals surface area contributed by atoms with Gasteiger partial charge < -0.3 is 4.57 Å². The summed E-state index contributed by atoms with van der Waals surface area (Å²) >= 11 is 11.7. The maximum Gasteiger partial charge on any atom is 0.268 e. The molecule has 0 spiro atoms. The van der Waals surface area contributed by atoms with Gasteiger partial charge >= 0.3 is 0 Å². The van der Waals surface area contributed by atoms with Crippen molar-refractivity contribution in [2.24, 2.45) is 0 Å². The van der Waals surface area contributed by atoms with Crippen LogP contribution in [-0.4, -0.2) is 18.9 Å². The Morgan fingerprint density at radius 1 is 0.964 bits per heavy atom. The standard InChI is InChI=1S/C19H17Cl2N3O3S/c1-12-8-18(13(2)24(12)16-6-4-3-5-7-16)19(25)22-23-28(26,27)17-10-14(20)9-15(21)11-17/h3-11,23H,1-2H3,(H,22,25). The molecular formula is C19H17Cl2N3O3S. The SMILES string of the molecule is Cc1cc(C(=O)NNS(=O)(=O)c2cc(Cl)cc(Cl)c2)c(C)n1-c1ccccc1. The minimum Gasteiger partial charge on any atom is -0.318 e. The number of para-hydroxylation sites is 1. The third-order valence-electron chi connectivity index (χ3n) is 4.14. The number of sulfonamides is 1. The zero-order valence-electron chi connectivity index (χ0n) is 15.0. The average Bonchev–Trinajstić information content (AvgIpc) is 2.94. The smallest absolute Gasteiger partial charge is 0.268 e. The molecule has 1 aromatic heterocycles. The van der Waals surface area contributed by atoms with E-state index in [4.69, 9.17) is 23.2 Å². The monoisotopic (exact) mass is 437 g/mol. The first-order valence-electron chi connectivity index (χ1n) is 8.21. The van der Waals surface area contributed by atoms with Crippen LogP contribution in [-0.2, 0) is 10.0 Å². The van der Waals surface area contributed by atoms with Gasteiger partial charge in [0.25, 0.3) is 15.9 Å². The van der Waals surface area contributed by atoms with Crippen LogP contribution in [0.25, 0.3) is 5.69 Å². The van der Waals surface area contributed by atoms with Crippen LogP contribution in [0.4, 0.5) is 0 Å². The highest BCUT2D eigenvalue weighted by Gasteiger charge is 2.20. The second kappa shape index (κ2) is 7.97. The molecule has 9 heteroatoms. The fourth-order valence-electron chi connectivity index (χ4n) is 2.89. The van der Waals surface area contributed by atoms with Gasteiger partial charge in [-0.05, 0) is 50.2 Å². The molecule has 0 aliphatic heterocycles. The summed E-state index contributed by atoms with van der Waals surface area (Å²) in [6.07, 6.45) is 0. The number of benzene rings is 2. The summed E-state index contributed by atoms with van der Waals surface area (Å²) in [6.45, 7) is 3.66. The molecule has 146 valence electrons. The number of hydrogen-bond acceptors (Lipinski definition) is 3. The van der Waals surface area contributed by atoms with Gasteiger partial charge in [-0.1, -0.05) is 41.4 Å². The van der Waals surface area contributed by atoms with Crippen LogP contribution in [0.15, 0.2) is 59.5 Å². The summed E-state index contributed by atoms with van der Waals surface area (Å²) in [6, 6.07) is 15.1. The van der Waals surface area contributed by atoms with E-state index in [2.05, 4.69) is 10.3 Å². The van der Waals surface area contributed by atoms with Crippen molar-refractivity contribution in [1.82, 2.24) is 14.8 Å². The number of carbonyl (C=O) groups excluding carboxylic acids is 1. The van der Waals surface area contributed by atoms with Gasteiger partial charge in [-0.3, -0.25) is 10.2 Å². The maximum atomic E-state index is 12.6. The highest BCUT2D eigenvalue weighted by Crippen LogP contribution is 2.23. The van der Waals surface area contributed by atoms with Crippen LogP contribution in [0.5, 0.6) is 0 Å². The molecule has 0 aliphatic carbocycles. The van der Waals surface area contributed by atoms with Gasteiger partial charge in [0.15, 0.2) is 0 Å². The average molecular weight is 438 g/mol. The first-order chi connectivity index (χ1) is 13.2. The van der Waals surface area contributed by atoms with Gasteiger partial charge in [0.1, 0.15) is 0 Å². The fraction of sp³-hybridized carbons (Fsp3) is 0.105. The predicted octanol–water partition coefficient (Wildman–Crippen LogP) is 4.02. The molecule has 1 heterocycles. The molecule has 28 heavy (non-hydrogen) atoms. The number of aromatic nitrogens is 1. The first kappa shape index (κ1) is 20.4. The molecule has 0 aliphatic rings. The van der Waals surface area contributed by atoms with Crippen LogP contribution < -0.4 is 10.3 Å². The number of nitrogens with zero attached hydrogens (tertiary/aromatic N) is 1. The van der Waals surface area contributed by atoms with E-state index in [1.165, 1.54) is 18.2 Å². The molecule has 0 saturated heterocycles. The Labute approximate surface area is 173 Å². The molecule has 1 amide bonds. The van der Waals surface area contributed by atoms with Crippen molar-refractivity contribution in [3.05, 3.63) is 81.6 Å². The van der Waals surface area contributed by atoms with Crippen molar-refractivity contribution < 1.29 is 13.2 Å².